The van der Waals surface area contributed by atoms with Gasteiger partial charge in [0.25, 0.3) is 0 Å². The van der Waals surface area contributed by atoms with E-state index in [1.807, 2.05) is 6.92 Å². The Morgan fingerprint density at radius 2 is 1.45 bits per heavy atom. The van der Waals surface area contributed by atoms with Crippen LogP contribution in [0.2, 0.25) is 0 Å². The number of halogens is 6. The molecule has 156 valence electrons. The molecule has 0 spiro atoms. The van der Waals surface area contributed by atoms with Gasteiger partial charge in [-0.05, 0) is 30.5 Å². The summed E-state index contributed by atoms with van der Waals surface area (Å²) in [4.78, 5) is 0. The number of fused-ring (bicyclic) bond motifs is 1. The topological polar surface area (TPSA) is 20.2 Å². The van der Waals surface area contributed by atoms with Crippen LogP contribution in [0.5, 0.6) is 0 Å². The highest BCUT2D eigenvalue weighted by molar-refractivity contribution is 5.50. The van der Waals surface area contributed by atoms with Gasteiger partial charge in [0.1, 0.15) is 0 Å². The highest BCUT2D eigenvalue weighted by Crippen LogP contribution is 2.54. The van der Waals surface area contributed by atoms with E-state index >= 15 is 0 Å². The molecule has 2 aromatic carbocycles. The molecule has 0 radical (unpaired) electrons. The Kier molecular flexibility index (Phi) is 5.56. The highest BCUT2D eigenvalue weighted by atomic mass is 19.4. The molecule has 0 aliphatic heterocycles. The number of alkyl halides is 6. The normalized spacial score (nSPS) is 23.4. The van der Waals surface area contributed by atoms with Crippen LogP contribution in [0.3, 0.4) is 0 Å². The monoisotopic (exact) mass is 414 g/mol. The summed E-state index contributed by atoms with van der Waals surface area (Å²) in [6, 6.07) is 11.7. The fraction of sp³-hybridized carbons (Fsp3) is 0.364. The van der Waals surface area contributed by atoms with E-state index in [1.54, 1.807) is 49.4 Å². The second-order valence-corrected chi connectivity index (χ2v) is 7.51. The number of aliphatic hydroxyl groups is 1. The van der Waals surface area contributed by atoms with Crippen LogP contribution in [0, 0.1) is 19.8 Å². The van der Waals surface area contributed by atoms with E-state index in [0.29, 0.717) is 16.7 Å². The number of hydrogen-bond donors (Lipinski definition) is 1. The summed E-state index contributed by atoms with van der Waals surface area (Å²) in [5, 5.41) is 10.2. The molecule has 1 N–H and O–H groups in total. The van der Waals surface area contributed by atoms with E-state index in [1.165, 1.54) is 0 Å². The third kappa shape index (κ3) is 4.50. The SMILES string of the molecule is Cc1ccc([C@H]2c3cc(C)ccc3[C@H](/C=C/C(F)(F)F)[C@@H]2[C@H](O)C(F)(F)F)cc1. The lowest BCUT2D eigenvalue weighted by atomic mass is 9.78. The fourth-order valence-electron chi connectivity index (χ4n) is 4.11. The van der Waals surface area contributed by atoms with Crippen molar-refractivity contribution in [1.82, 2.24) is 0 Å². The first kappa shape index (κ1) is 21.4. The van der Waals surface area contributed by atoms with Crippen LogP contribution in [-0.4, -0.2) is 23.6 Å². The van der Waals surface area contributed by atoms with Crippen LogP contribution in [0.15, 0.2) is 54.6 Å². The minimum Gasteiger partial charge on any atom is -0.383 e. The van der Waals surface area contributed by atoms with Crippen molar-refractivity contribution in [3.8, 4) is 0 Å². The summed E-state index contributed by atoms with van der Waals surface area (Å²) in [6.07, 6.45) is -11.7. The van der Waals surface area contributed by atoms with Gasteiger partial charge in [-0.25, -0.2) is 0 Å². The smallest absolute Gasteiger partial charge is 0.383 e. The molecule has 29 heavy (non-hydrogen) atoms. The molecule has 7 heteroatoms. The standard InChI is InChI=1S/C22H20F6O/c1-12-3-6-14(7-4-12)18-17-11-13(2)5-8-15(17)16(9-10-21(23,24)25)19(18)20(29)22(26,27)28/h3-11,16,18-20,29H,1-2H3/b10-9+/t16-,18-,19-,20-/m0/s1. The van der Waals surface area contributed by atoms with Gasteiger partial charge in [-0.2, -0.15) is 26.3 Å². The molecular formula is C22H20F6O. The number of aryl methyl sites for hydroxylation is 2. The zero-order chi connectivity index (χ0) is 21.6. The Balaban J connectivity index is 2.21. The zero-order valence-electron chi connectivity index (χ0n) is 15.7. The molecule has 0 aromatic heterocycles. The fourth-order valence-corrected chi connectivity index (χ4v) is 4.11. The molecule has 0 heterocycles. The molecule has 0 fully saturated rings. The van der Waals surface area contributed by atoms with Crippen molar-refractivity contribution >= 4 is 0 Å². The van der Waals surface area contributed by atoms with E-state index in [0.717, 1.165) is 17.2 Å². The number of allylic oxidation sites excluding steroid dienone is 2. The Hall–Kier alpha value is -2.28. The molecule has 0 saturated heterocycles. The molecule has 1 aliphatic rings. The maximum absolute atomic E-state index is 13.5. The molecular weight excluding hydrogens is 394 g/mol. The first-order valence-corrected chi connectivity index (χ1v) is 9.06. The Morgan fingerprint density at radius 3 is 2.00 bits per heavy atom. The van der Waals surface area contributed by atoms with Gasteiger partial charge in [0.15, 0.2) is 6.10 Å². The first-order valence-electron chi connectivity index (χ1n) is 9.06. The molecule has 1 nitrogen and oxygen atoms in total. The quantitative estimate of drug-likeness (QED) is 0.469. The third-order valence-electron chi connectivity index (χ3n) is 5.36. The number of aliphatic hydroxyl groups excluding tert-OH is 1. The second kappa shape index (κ2) is 7.52. The molecule has 0 saturated carbocycles. The van der Waals surface area contributed by atoms with Gasteiger partial charge in [-0.15, -0.1) is 0 Å². The maximum Gasteiger partial charge on any atom is 0.414 e. The largest absolute Gasteiger partial charge is 0.414 e. The number of hydrogen-bond acceptors (Lipinski definition) is 1. The average Bonchev–Trinajstić information content (AvgIpc) is 2.91. The van der Waals surface area contributed by atoms with E-state index in [9.17, 15) is 31.4 Å². The van der Waals surface area contributed by atoms with Crippen molar-refractivity contribution < 1.29 is 31.4 Å². The van der Waals surface area contributed by atoms with Crippen LogP contribution in [0.25, 0.3) is 0 Å². The average molecular weight is 414 g/mol. The van der Waals surface area contributed by atoms with Gasteiger partial charge < -0.3 is 5.11 Å². The predicted molar refractivity (Wildman–Crippen MR) is 97.7 cm³/mol. The summed E-state index contributed by atoms with van der Waals surface area (Å²) in [5.41, 5.74) is 3.09. The van der Waals surface area contributed by atoms with Gasteiger partial charge in [0, 0.05) is 23.8 Å². The van der Waals surface area contributed by atoms with Crippen molar-refractivity contribution in [3.63, 3.8) is 0 Å². The molecule has 0 unspecified atom stereocenters. The molecule has 0 amide bonds. The maximum atomic E-state index is 13.5. The van der Waals surface area contributed by atoms with E-state index in [4.69, 9.17) is 0 Å². The van der Waals surface area contributed by atoms with Crippen molar-refractivity contribution in [1.29, 1.82) is 0 Å². The summed E-state index contributed by atoms with van der Waals surface area (Å²) in [7, 11) is 0. The van der Waals surface area contributed by atoms with Crippen LogP contribution in [0.4, 0.5) is 26.3 Å². The first-order chi connectivity index (χ1) is 13.4. The lowest BCUT2D eigenvalue weighted by molar-refractivity contribution is -0.221. The van der Waals surface area contributed by atoms with Crippen LogP contribution >= 0.6 is 0 Å². The van der Waals surface area contributed by atoms with Gasteiger partial charge >= 0.3 is 12.4 Å². The predicted octanol–water partition coefficient (Wildman–Crippen LogP) is 6.19. The minimum atomic E-state index is -4.96. The van der Waals surface area contributed by atoms with Crippen molar-refractivity contribution in [3.05, 3.63) is 82.4 Å². The number of benzene rings is 2. The van der Waals surface area contributed by atoms with E-state index in [2.05, 4.69) is 0 Å². The van der Waals surface area contributed by atoms with Crippen LogP contribution in [0.1, 0.15) is 39.7 Å². The van der Waals surface area contributed by atoms with Gasteiger partial charge in [-0.1, -0.05) is 59.7 Å². The van der Waals surface area contributed by atoms with Crippen LogP contribution < -0.4 is 0 Å². The minimum absolute atomic E-state index is 0.0467. The lowest BCUT2D eigenvalue weighted by Crippen LogP contribution is -2.39. The van der Waals surface area contributed by atoms with Crippen LogP contribution in [-0.2, 0) is 0 Å². The molecule has 4 atom stereocenters. The zero-order valence-corrected chi connectivity index (χ0v) is 15.7. The summed E-state index contributed by atoms with van der Waals surface area (Å²) >= 11 is 0. The van der Waals surface area contributed by atoms with Crippen molar-refractivity contribution in [2.24, 2.45) is 5.92 Å². The Morgan fingerprint density at radius 1 is 0.862 bits per heavy atom. The van der Waals surface area contributed by atoms with Gasteiger partial charge in [0.2, 0.25) is 0 Å². The molecule has 0 bridgehead atoms. The van der Waals surface area contributed by atoms with Gasteiger partial charge in [-0.3, -0.25) is 0 Å². The Labute approximate surface area is 164 Å². The highest BCUT2D eigenvalue weighted by Gasteiger charge is 2.53. The summed E-state index contributed by atoms with van der Waals surface area (Å²) in [6.45, 7) is 3.59. The molecule has 3 rings (SSSR count). The molecule has 1 aliphatic carbocycles. The summed E-state index contributed by atoms with van der Waals surface area (Å²) in [5.74, 6) is -3.62. The molecule has 2 aromatic rings. The lowest BCUT2D eigenvalue weighted by Gasteiger charge is -2.30. The van der Waals surface area contributed by atoms with Gasteiger partial charge in [0.05, 0.1) is 0 Å². The Bertz CT molecular complexity index is 895. The number of rotatable bonds is 3. The van der Waals surface area contributed by atoms with Crippen molar-refractivity contribution in [2.75, 3.05) is 0 Å². The van der Waals surface area contributed by atoms with Crippen molar-refractivity contribution in [2.45, 2.75) is 44.1 Å². The third-order valence-corrected chi connectivity index (χ3v) is 5.36. The second-order valence-electron chi connectivity index (χ2n) is 7.51. The van der Waals surface area contributed by atoms with E-state index in [-0.39, 0.29) is 6.08 Å². The van der Waals surface area contributed by atoms with E-state index < -0.39 is 36.2 Å². The summed E-state index contributed by atoms with van der Waals surface area (Å²) < 4.78 is 78.9.